The van der Waals surface area contributed by atoms with Gasteiger partial charge in [0, 0.05) is 48.8 Å². The van der Waals surface area contributed by atoms with E-state index in [4.69, 9.17) is 4.74 Å². The Kier molecular flexibility index (Phi) is 8.91. The maximum absolute atomic E-state index is 14.4. The van der Waals surface area contributed by atoms with E-state index in [9.17, 15) is 19.5 Å². The number of amides is 2. The van der Waals surface area contributed by atoms with Crippen LogP contribution in [-0.2, 0) is 19.9 Å². The van der Waals surface area contributed by atoms with Crippen molar-refractivity contribution in [3.63, 3.8) is 0 Å². The average molecular weight is 555 g/mol. The molecule has 39 heavy (non-hydrogen) atoms. The molecule has 2 amide bonds. The van der Waals surface area contributed by atoms with Crippen LogP contribution < -0.4 is 9.80 Å². The van der Waals surface area contributed by atoms with Gasteiger partial charge in [-0.1, -0.05) is 30.2 Å². The van der Waals surface area contributed by atoms with Crippen molar-refractivity contribution in [1.82, 2.24) is 0 Å². The van der Waals surface area contributed by atoms with Gasteiger partial charge in [0.25, 0.3) is 5.91 Å². The van der Waals surface area contributed by atoms with Crippen LogP contribution in [0.1, 0.15) is 71.8 Å². The third kappa shape index (κ3) is 5.66. The molecule has 3 heterocycles. The first kappa shape index (κ1) is 29.7. The predicted molar refractivity (Wildman–Crippen MR) is 158 cm³/mol. The summed E-state index contributed by atoms with van der Waals surface area (Å²) in [7, 11) is -2.76. The number of hydrogen-bond donors (Lipinski definition) is 2. The average Bonchev–Trinajstić information content (AvgIpc) is 3.29. The predicted octanol–water partition coefficient (Wildman–Crippen LogP) is 5.42. The summed E-state index contributed by atoms with van der Waals surface area (Å²) in [4.78, 5) is 42.2. The highest BCUT2D eigenvalue weighted by atomic mass is 28.4. The van der Waals surface area contributed by atoms with E-state index >= 15 is 0 Å². The highest BCUT2D eigenvalue weighted by Crippen LogP contribution is 2.60. The van der Waals surface area contributed by atoms with Gasteiger partial charge < -0.3 is 24.4 Å². The van der Waals surface area contributed by atoms with Crippen molar-refractivity contribution in [1.29, 1.82) is 0 Å². The van der Waals surface area contributed by atoms with Gasteiger partial charge >= 0.3 is 0 Å². The number of anilines is 2. The lowest BCUT2D eigenvalue weighted by Crippen LogP contribution is -2.46. The number of aliphatic hydroxyl groups excluding tert-OH is 1. The van der Waals surface area contributed by atoms with Crippen molar-refractivity contribution >= 4 is 31.5 Å². The van der Waals surface area contributed by atoms with Gasteiger partial charge in [-0.2, -0.15) is 0 Å². The fraction of sp³-hybridized carbons (Fsp3) is 0.613. The largest absolute Gasteiger partial charge is 0.432 e. The second kappa shape index (κ2) is 11.7. The first-order valence-electron chi connectivity index (χ1n) is 14.5. The van der Waals surface area contributed by atoms with Gasteiger partial charge in [-0.25, -0.2) is 0 Å². The van der Waals surface area contributed by atoms with Crippen LogP contribution in [0, 0.1) is 5.92 Å². The summed E-state index contributed by atoms with van der Waals surface area (Å²) < 4.78 is 6.73. The topological polar surface area (TPSA) is 90.3 Å². The van der Waals surface area contributed by atoms with Gasteiger partial charge in [0.15, 0.2) is 13.9 Å². The molecule has 8 heteroatoms. The van der Waals surface area contributed by atoms with E-state index in [0.717, 1.165) is 42.6 Å². The lowest BCUT2D eigenvalue weighted by molar-refractivity contribution is -0.146. The number of carbonyl (C=O) groups is 2. The van der Waals surface area contributed by atoms with E-state index < -0.39 is 20.0 Å². The molecule has 4 atom stereocenters. The second-order valence-electron chi connectivity index (χ2n) is 12.4. The van der Waals surface area contributed by atoms with Gasteiger partial charge in [0.05, 0.1) is 11.8 Å². The summed E-state index contributed by atoms with van der Waals surface area (Å²) >= 11 is 0. The zero-order valence-corrected chi connectivity index (χ0v) is 25.5. The summed E-state index contributed by atoms with van der Waals surface area (Å²) in [6.45, 7) is 13.1. The normalized spacial score (nSPS) is 27.5. The summed E-state index contributed by atoms with van der Waals surface area (Å²) in [6, 6.07) is 5.87. The number of fused-ring (bicyclic) bond motifs is 2. The van der Waals surface area contributed by atoms with Crippen LogP contribution in [-0.4, -0.2) is 55.8 Å². The van der Waals surface area contributed by atoms with Crippen molar-refractivity contribution in [2.75, 3.05) is 29.5 Å². The Morgan fingerprint density at radius 3 is 2.56 bits per heavy atom. The maximum atomic E-state index is 14.4. The third-order valence-corrected chi connectivity index (χ3v) is 11.2. The molecule has 0 saturated carbocycles. The Balaban J connectivity index is 1.77. The molecule has 2 fully saturated rings. The number of ether oxygens (including phenoxy) is 1. The van der Waals surface area contributed by atoms with E-state index in [1.807, 2.05) is 48.0 Å². The molecule has 2 saturated heterocycles. The molecule has 0 aliphatic carbocycles. The molecule has 3 aliphatic heterocycles. The molecular weight excluding hydrogens is 508 g/mol. The molecule has 1 aromatic rings. The minimum absolute atomic E-state index is 0.0743. The highest BCUT2D eigenvalue weighted by Gasteiger charge is 2.66. The lowest BCUT2D eigenvalue weighted by Gasteiger charge is -2.33. The van der Waals surface area contributed by atoms with E-state index in [1.165, 1.54) is 11.1 Å². The molecular formula is C31H46N2O5Si. The summed E-state index contributed by atoms with van der Waals surface area (Å²) in [5.41, 5.74) is 3.41. The molecule has 214 valence electrons. The number of piperidine rings is 1. The van der Waals surface area contributed by atoms with Crippen LogP contribution in [0.4, 0.5) is 11.4 Å². The molecule has 7 nitrogen and oxygen atoms in total. The van der Waals surface area contributed by atoms with Gasteiger partial charge in [0.2, 0.25) is 5.91 Å². The fourth-order valence-corrected chi connectivity index (χ4v) is 9.43. The molecule has 1 spiro atoms. The van der Waals surface area contributed by atoms with Crippen LogP contribution in [0.3, 0.4) is 0 Å². The van der Waals surface area contributed by atoms with Crippen molar-refractivity contribution in [2.45, 2.75) is 96.6 Å². The molecule has 1 aromatic carbocycles. The smallest absolute Gasteiger partial charge is 0.264 e. The number of rotatable bonds is 9. The maximum Gasteiger partial charge on any atom is 0.264 e. The number of hydrogen-bond acceptors (Lipinski definition) is 5. The van der Waals surface area contributed by atoms with Crippen LogP contribution in [0.2, 0.25) is 18.6 Å². The number of carbonyl (C=O) groups excluding carboxylic acids is 2. The Morgan fingerprint density at radius 2 is 1.92 bits per heavy atom. The number of benzene rings is 1. The lowest BCUT2D eigenvalue weighted by atomic mass is 9.82. The third-order valence-electron chi connectivity index (χ3n) is 8.73. The van der Waals surface area contributed by atoms with Crippen LogP contribution in [0.5, 0.6) is 0 Å². The van der Waals surface area contributed by atoms with Gasteiger partial charge in [-0.15, -0.1) is 0 Å². The highest BCUT2D eigenvalue weighted by molar-refractivity contribution is 6.71. The van der Waals surface area contributed by atoms with Crippen molar-refractivity contribution in [3.8, 4) is 0 Å². The summed E-state index contributed by atoms with van der Waals surface area (Å²) in [5.74, 6) is -0.303. The first-order chi connectivity index (χ1) is 18.4. The van der Waals surface area contributed by atoms with Crippen LogP contribution in [0.15, 0.2) is 41.5 Å². The zero-order valence-electron chi connectivity index (χ0n) is 24.5. The monoisotopic (exact) mass is 554 g/mol. The molecule has 4 rings (SSSR count). The number of nitrogens with zero attached hydrogens (tertiary/aromatic N) is 2. The molecule has 0 radical (unpaired) electrons. The molecule has 3 aliphatic rings. The molecule has 0 aromatic heterocycles. The zero-order chi connectivity index (χ0) is 28.5. The van der Waals surface area contributed by atoms with Crippen molar-refractivity contribution in [2.24, 2.45) is 5.92 Å². The van der Waals surface area contributed by atoms with Crippen LogP contribution in [0.25, 0.3) is 0 Å². The van der Waals surface area contributed by atoms with E-state index in [2.05, 4.69) is 32.9 Å². The van der Waals surface area contributed by atoms with Crippen LogP contribution >= 0.6 is 0 Å². The minimum Gasteiger partial charge on any atom is -0.432 e. The van der Waals surface area contributed by atoms with Gasteiger partial charge in [-0.3, -0.25) is 9.59 Å². The minimum atomic E-state index is -2.76. The summed E-state index contributed by atoms with van der Waals surface area (Å²) in [5, 5.41) is 9.84. The Hall–Kier alpha value is -2.26. The quantitative estimate of drug-likeness (QED) is 0.314. The number of aliphatic hydroxyl groups is 1. The molecule has 0 bridgehead atoms. The Bertz CT molecular complexity index is 1150. The van der Waals surface area contributed by atoms with Gasteiger partial charge in [0.1, 0.15) is 0 Å². The van der Waals surface area contributed by atoms with E-state index in [0.29, 0.717) is 25.9 Å². The molecule has 0 unspecified atom stereocenters. The summed E-state index contributed by atoms with van der Waals surface area (Å²) in [6.07, 6.45) is 8.56. The Labute approximate surface area is 234 Å². The first-order valence-corrected chi connectivity index (χ1v) is 17.5. The number of allylic oxidation sites excluding steroid dienone is 3. The van der Waals surface area contributed by atoms with E-state index in [-0.39, 0.29) is 29.9 Å². The van der Waals surface area contributed by atoms with Crippen molar-refractivity contribution < 1.29 is 24.2 Å². The fourth-order valence-electron chi connectivity index (χ4n) is 6.83. The standard InChI is InChI=1S/C31H46N2O5Si/c1-21(2)10-9-11-22(3)15-18-33-26-14-13-24(32-17-8-7-12-28(32)35)20-25(26)31(30(33)36)23(4)29(39(5,6)37)27(38-31)16-19-34/h10,13-15,20,23,27,29,34,37H,7-9,11-12,16-19H2,1-6H3/b22-15+/t23-,27+,29-,31+/m1/s1. The second-order valence-corrected chi connectivity index (χ2v) is 16.3. The Morgan fingerprint density at radius 1 is 1.18 bits per heavy atom. The van der Waals surface area contributed by atoms with Crippen molar-refractivity contribution in [3.05, 3.63) is 47.1 Å². The van der Waals surface area contributed by atoms with Gasteiger partial charge in [-0.05, 0) is 84.2 Å². The molecule has 2 N–H and O–H groups in total. The van der Waals surface area contributed by atoms with E-state index in [1.54, 1.807) is 0 Å². The SMILES string of the molecule is CC(C)=CCC/C(C)=C/CN1C(=O)[C@@]2(O[C@@H](CCO)[C@H]([Si](C)(C)O)[C@H]2C)c2cc(N3CCCCC3=O)ccc21.